The molecule has 0 aromatic heterocycles. The molecule has 1 heterocycles. The van der Waals surface area contributed by atoms with Gasteiger partial charge in [0.05, 0.1) is 12.5 Å². The number of hydrogen-bond donors (Lipinski definition) is 1. The molecule has 0 saturated carbocycles. The number of carbonyl (C=O) groups excluding carboxylic acids is 1. The van der Waals surface area contributed by atoms with Gasteiger partial charge in [-0.1, -0.05) is 18.2 Å². The zero-order valence-electron chi connectivity index (χ0n) is 15.1. The van der Waals surface area contributed by atoms with E-state index < -0.39 is 0 Å². The highest BCUT2D eigenvalue weighted by molar-refractivity contribution is 5.80. The molecule has 1 fully saturated rings. The van der Waals surface area contributed by atoms with Crippen LogP contribution in [0.3, 0.4) is 0 Å². The Balaban J connectivity index is 1.90. The molecule has 0 bridgehead atoms. The summed E-state index contributed by atoms with van der Waals surface area (Å²) in [5, 5.41) is 3.29. The van der Waals surface area contributed by atoms with Crippen molar-refractivity contribution in [2.75, 3.05) is 32.8 Å². The standard InChI is InChI=1S/C19H28FN3O2/c1-3-21-19(22-12-9-15-7-5-6-8-17(15)20)23-13-10-16(11-14-23)18(24)25-4-2/h5-8,16H,3-4,9-14H2,1-2H3,(H,21,22). The first-order valence-corrected chi connectivity index (χ1v) is 9.09. The lowest BCUT2D eigenvalue weighted by atomic mass is 9.97. The van der Waals surface area contributed by atoms with Crippen LogP contribution in [0.4, 0.5) is 4.39 Å². The van der Waals surface area contributed by atoms with Crippen LogP contribution in [-0.4, -0.2) is 49.6 Å². The Bertz CT molecular complexity index is 584. The molecule has 0 atom stereocenters. The van der Waals surface area contributed by atoms with E-state index in [1.807, 2.05) is 19.9 Å². The van der Waals surface area contributed by atoms with Gasteiger partial charge in [0.1, 0.15) is 5.82 Å². The molecular weight excluding hydrogens is 321 g/mol. The Hall–Kier alpha value is -2.11. The zero-order valence-corrected chi connectivity index (χ0v) is 15.1. The van der Waals surface area contributed by atoms with Crippen LogP contribution < -0.4 is 5.32 Å². The van der Waals surface area contributed by atoms with E-state index in [2.05, 4.69) is 15.2 Å². The Morgan fingerprint density at radius 1 is 1.32 bits per heavy atom. The quantitative estimate of drug-likeness (QED) is 0.487. The van der Waals surface area contributed by atoms with Crippen molar-refractivity contribution in [2.24, 2.45) is 10.9 Å². The fraction of sp³-hybridized carbons (Fsp3) is 0.579. The third-order valence-electron chi connectivity index (χ3n) is 4.35. The number of piperidine rings is 1. The summed E-state index contributed by atoms with van der Waals surface area (Å²) >= 11 is 0. The van der Waals surface area contributed by atoms with Crippen LogP contribution in [0.5, 0.6) is 0 Å². The van der Waals surface area contributed by atoms with E-state index >= 15 is 0 Å². The lowest BCUT2D eigenvalue weighted by Gasteiger charge is -2.33. The van der Waals surface area contributed by atoms with Crippen molar-refractivity contribution in [2.45, 2.75) is 33.1 Å². The van der Waals surface area contributed by atoms with Gasteiger partial charge in [0.25, 0.3) is 0 Å². The van der Waals surface area contributed by atoms with Gasteiger partial charge in [-0.3, -0.25) is 9.79 Å². The second kappa shape index (κ2) is 10.0. The summed E-state index contributed by atoms with van der Waals surface area (Å²) in [6.45, 7) is 7.14. The van der Waals surface area contributed by atoms with Gasteiger partial charge < -0.3 is 15.0 Å². The number of ether oxygens (including phenoxy) is 1. The maximum atomic E-state index is 13.7. The van der Waals surface area contributed by atoms with E-state index in [0.29, 0.717) is 25.1 Å². The number of nitrogens with zero attached hydrogens (tertiary/aromatic N) is 2. The number of nitrogens with one attached hydrogen (secondary N) is 1. The minimum Gasteiger partial charge on any atom is -0.466 e. The summed E-state index contributed by atoms with van der Waals surface area (Å²) in [7, 11) is 0. The Kier molecular flexibility index (Phi) is 7.70. The van der Waals surface area contributed by atoms with Crippen LogP contribution in [0.15, 0.2) is 29.3 Å². The van der Waals surface area contributed by atoms with Crippen LogP contribution in [0, 0.1) is 11.7 Å². The first-order valence-electron chi connectivity index (χ1n) is 9.09. The molecule has 6 heteroatoms. The number of hydrogen-bond acceptors (Lipinski definition) is 3. The molecule has 1 saturated heterocycles. The molecule has 1 N–H and O–H groups in total. The third-order valence-corrected chi connectivity index (χ3v) is 4.35. The summed E-state index contributed by atoms with van der Waals surface area (Å²) in [6, 6.07) is 6.81. The number of rotatable bonds is 6. The number of guanidine groups is 1. The molecule has 0 radical (unpaired) electrons. The second-order valence-corrected chi connectivity index (χ2v) is 6.09. The van der Waals surface area contributed by atoms with Crippen LogP contribution in [0.25, 0.3) is 0 Å². The maximum absolute atomic E-state index is 13.7. The molecule has 25 heavy (non-hydrogen) atoms. The number of benzene rings is 1. The van der Waals surface area contributed by atoms with E-state index in [9.17, 15) is 9.18 Å². The first kappa shape index (κ1) is 19.2. The molecule has 1 aliphatic rings. The molecule has 2 rings (SSSR count). The number of carbonyl (C=O) groups is 1. The molecule has 1 aromatic rings. The highest BCUT2D eigenvalue weighted by Crippen LogP contribution is 2.19. The number of likely N-dealkylation sites (tertiary alicyclic amines) is 1. The van der Waals surface area contributed by atoms with Crippen LogP contribution in [-0.2, 0) is 16.0 Å². The predicted octanol–water partition coefficient (Wildman–Crippen LogP) is 2.61. The molecule has 0 unspecified atom stereocenters. The van der Waals surface area contributed by atoms with Crippen LogP contribution >= 0.6 is 0 Å². The molecule has 0 amide bonds. The molecule has 1 aromatic carbocycles. The van der Waals surface area contributed by atoms with E-state index in [1.165, 1.54) is 6.07 Å². The normalized spacial score (nSPS) is 16.0. The average Bonchev–Trinajstić information content (AvgIpc) is 2.63. The summed E-state index contributed by atoms with van der Waals surface area (Å²) in [5.41, 5.74) is 0.683. The number of aliphatic imine (C=N–C) groups is 1. The van der Waals surface area contributed by atoms with Crippen molar-refractivity contribution >= 4 is 11.9 Å². The van der Waals surface area contributed by atoms with Gasteiger partial charge in [-0.2, -0.15) is 0 Å². The first-order chi connectivity index (χ1) is 12.2. The Morgan fingerprint density at radius 3 is 2.68 bits per heavy atom. The predicted molar refractivity (Wildman–Crippen MR) is 97.0 cm³/mol. The zero-order chi connectivity index (χ0) is 18.1. The SMILES string of the molecule is CCNC(=NCCc1ccccc1F)N1CCC(C(=O)OCC)CC1. The van der Waals surface area contributed by atoms with Crippen molar-refractivity contribution in [1.29, 1.82) is 0 Å². The number of halogens is 1. The maximum Gasteiger partial charge on any atom is 0.309 e. The monoisotopic (exact) mass is 349 g/mol. The lowest BCUT2D eigenvalue weighted by Crippen LogP contribution is -2.46. The van der Waals surface area contributed by atoms with Gasteiger partial charge in [-0.05, 0) is 44.7 Å². The molecule has 5 nitrogen and oxygen atoms in total. The van der Waals surface area contributed by atoms with Crippen LogP contribution in [0.1, 0.15) is 32.3 Å². The topological polar surface area (TPSA) is 53.9 Å². The highest BCUT2D eigenvalue weighted by Gasteiger charge is 2.27. The second-order valence-electron chi connectivity index (χ2n) is 6.09. The van der Waals surface area contributed by atoms with Crippen LogP contribution in [0.2, 0.25) is 0 Å². The van der Waals surface area contributed by atoms with Gasteiger partial charge in [-0.25, -0.2) is 4.39 Å². The van der Waals surface area contributed by atoms with Gasteiger partial charge in [0, 0.05) is 26.2 Å². The third kappa shape index (κ3) is 5.73. The van der Waals surface area contributed by atoms with Gasteiger partial charge >= 0.3 is 5.97 Å². The molecule has 138 valence electrons. The molecule has 0 spiro atoms. The van der Waals surface area contributed by atoms with Gasteiger partial charge in [0.15, 0.2) is 5.96 Å². The summed E-state index contributed by atoms with van der Waals surface area (Å²) in [5.74, 6) is 0.542. The van der Waals surface area contributed by atoms with E-state index in [4.69, 9.17) is 4.74 Å². The smallest absolute Gasteiger partial charge is 0.309 e. The van der Waals surface area contributed by atoms with Gasteiger partial charge in [-0.15, -0.1) is 0 Å². The van der Waals surface area contributed by atoms with Crippen molar-refractivity contribution in [1.82, 2.24) is 10.2 Å². The summed E-state index contributed by atoms with van der Waals surface area (Å²) in [6.07, 6.45) is 2.12. The molecule has 1 aliphatic heterocycles. The van der Waals surface area contributed by atoms with Gasteiger partial charge in [0.2, 0.25) is 0 Å². The van der Waals surface area contributed by atoms with Crippen molar-refractivity contribution in [3.8, 4) is 0 Å². The minimum atomic E-state index is -0.182. The Morgan fingerprint density at radius 2 is 2.04 bits per heavy atom. The average molecular weight is 349 g/mol. The number of esters is 1. The lowest BCUT2D eigenvalue weighted by molar-refractivity contribution is -0.149. The fourth-order valence-electron chi connectivity index (χ4n) is 3.00. The fourth-order valence-corrected chi connectivity index (χ4v) is 3.00. The summed E-state index contributed by atoms with van der Waals surface area (Å²) in [4.78, 5) is 18.6. The van der Waals surface area contributed by atoms with Crippen molar-refractivity contribution < 1.29 is 13.9 Å². The minimum absolute atomic E-state index is 0.0162. The van der Waals surface area contributed by atoms with Crippen molar-refractivity contribution in [3.05, 3.63) is 35.6 Å². The van der Waals surface area contributed by atoms with E-state index in [-0.39, 0.29) is 17.7 Å². The van der Waals surface area contributed by atoms with Crippen molar-refractivity contribution in [3.63, 3.8) is 0 Å². The summed E-state index contributed by atoms with van der Waals surface area (Å²) < 4.78 is 18.8. The van der Waals surface area contributed by atoms with E-state index in [0.717, 1.165) is 38.4 Å². The molecule has 0 aliphatic carbocycles. The molecular formula is C19H28FN3O2. The Labute approximate surface area is 149 Å². The highest BCUT2D eigenvalue weighted by atomic mass is 19.1. The largest absolute Gasteiger partial charge is 0.466 e. The van der Waals surface area contributed by atoms with E-state index in [1.54, 1.807) is 12.1 Å².